The molecule has 1 saturated heterocycles. The van der Waals surface area contributed by atoms with Gasteiger partial charge in [-0.2, -0.15) is 8.42 Å². The Bertz CT molecular complexity index is 890. The fraction of sp³-hybridized carbons (Fsp3) is 0.500. The molecule has 172 valence electrons. The van der Waals surface area contributed by atoms with Crippen molar-refractivity contribution in [1.29, 1.82) is 0 Å². The maximum Gasteiger partial charge on any atom is 0.508 e. The third-order valence-electron chi connectivity index (χ3n) is 4.47. The number of nitrogens with one attached hydrogen (secondary N) is 1. The van der Waals surface area contributed by atoms with Crippen molar-refractivity contribution in [2.75, 3.05) is 13.2 Å². The molecule has 0 saturated carbocycles. The Balaban J connectivity index is 1.73. The third kappa shape index (κ3) is 6.54. The van der Waals surface area contributed by atoms with Crippen molar-refractivity contribution < 1.29 is 46.7 Å². The van der Waals surface area contributed by atoms with Crippen LogP contribution in [0, 0.1) is 5.92 Å². The lowest BCUT2D eigenvalue weighted by atomic mass is 9.83. The summed E-state index contributed by atoms with van der Waals surface area (Å²) in [6.45, 7) is 2.27. The molecule has 1 heterocycles. The van der Waals surface area contributed by atoms with Crippen LogP contribution in [0.25, 0.3) is 0 Å². The van der Waals surface area contributed by atoms with Crippen LogP contribution in [0.5, 0.6) is 0 Å². The number of alkyl carbamates (subject to hydrolysis) is 1. The molecule has 31 heavy (non-hydrogen) atoms. The van der Waals surface area contributed by atoms with Gasteiger partial charge >= 0.3 is 22.6 Å². The molecule has 4 atom stereocenters. The predicted molar refractivity (Wildman–Crippen MR) is 104 cm³/mol. The molecule has 0 radical (unpaired) electrons. The van der Waals surface area contributed by atoms with Gasteiger partial charge in [0.15, 0.2) is 0 Å². The largest absolute Gasteiger partial charge is 0.508 e. The number of hydrogen-bond acceptors (Lipinski definition) is 9. The van der Waals surface area contributed by atoms with Crippen LogP contribution in [-0.2, 0) is 35.9 Å². The molecule has 1 aliphatic heterocycles. The number of amides is 2. The van der Waals surface area contributed by atoms with E-state index in [1.54, 1.807) is 24.3 Å². The second-order valence-electron chi connectivity index (χ2n) is 6.78. The van der Waals surface area contributed by atoms with Gasteiger partial charge < -0.3 is 24.6 Å². The smallest absolute Gasteiger partial charge is 0.444 e. The molecule has 0 spiro atoms. The van der Waals surface area contributed by atoms with Gasteiger partial charge in [-0.1, -0.05) is 30.3 Å². The summed E-state index contributed by atoms with van der Waals surface area (Å²) in [5, 5.41) is 12.0. The van der Waals surface area contributed by atoms with E-state index in [0.717, 1.165) is 5.56 Å². The van der Waals surface area contributed by atoms with Crippen LogP contribution in [0.4, 0.5) is 9.59 Å². The first kappa shape index (κ1) is 24.4. The topological polar surface area (TPSA) is 169 Å². The van der Waals surface area contributed by atoms with E-state index in [0.29, 0.717) is 0 Å². The normalized spacial score (nSPS) is 20.3. The number of β-lactam (4-membered cyclic amide) rings is 1. The van der Waals surface area contributed by atoms with Crippen LogP contribution in [0.1, 0.15) is 19.4 Å². The number of nitrogens with zero attached hydrogens (tertiary/aromatic N) is 1. The molecule has 2 rings (SSSR count). The number of rotatable bonds is 9. The van der Waals surface area contributed by atoms with E-state index in [4.69, 9.17) is 14.2 Å². The van der Waals surface area contributed by atoms with Gasteiger partial charge in [0.25, 0.3) is 0 Å². The van der Waals surface area contributed by atoms with Crippen molar-refractivity contribution in [2.45, 2.75) is 38.7 Å². The Kier molecular flexibility index (Phi) is 8.19. The van der Waals surface area contributed by atoms with Crippen molar-refractivity contribution in [2.24, 2.45) is 5.92 Å². The summed E-state index contributed by atoms with van der Waals surface area (Å²) < 4.78 is 46.8. The Morgan fingerprint density at radius 3 is 2.42 bits per heavy atom. The van der Waals surface area contributed by atoms with Gasteiger partial charge in [-0.3, -0.25) is 9.35 Å². The van der Waals surface area contributed by atoms with Gasteiger partial charge in [0.05, 0.1) is 18.6 Å². The van der Waals surface area contributed by atoms with Crippen molar-refractivity contribution in [3.05, 3.63) is 35.9 Å². The van der Waals surface area contributed by atoms with Crippen LogP contribution in [0.3, 0.4) is 0 Å². The number of aliphatic hydroxyl groups excluding tert-OH is 1. The number of carbonyl (C=O) groups excluding carboxylic acids is 3. The van der Waals surface area contributed by atoms with Gasteiger partial charge in [0.1, 0.15) is 25.4 Å². The van der Waals surface area contributed by atoms with E-state index in [2.05, 4.69) is 5.32 Å². The van der Waals surface area contributed by atoms with Gasteiger partial charge in [-0.05, 0) is 19.4 Å². The Morgan fingerprint density at radius 2 is 1.84 bits per heavy atom. The summed E-state index contributed by atoms with van der Waals surface area (Å²) in [7, 11) is -4.88. The van der Waals surface area contributed by atoms with Crippen molar-refractivity contribution in [3.63, 3.8) is 0 Å². The van der Waals surface area contributed by atoms with E-state index in [1.165, 1.54) is 13.8 Å². The first-order valence-corrected chi connectivity index (χ1v) is 10.7. The van der Waals surface area contributed by atoms with Crippen LogP contribution in [0.15, 0.2) is 30.3 Å². The van der Waals surface area contributed by atoms with Gasteiger partial charge in [-0.25, -0.2) is 13.9 Å². The lowest BCUT2D eigenvalue weighted by Gasteiger charge is -2.47. The highest BCUT2D eigenvalue weighted by molar-refractivity contribution is 7.84. The summed E-state index contributed by atoms with van der Waals surface area (Å²) in [6.07, 6.45) is -4.30. The zero-order chi connectivity index (χ0) is 23.2. The second-order valence-corrected chi connectivity index (χ2v) is 8.07. The van der Waals surface area contributed by atoms with Crippen LogP contribution in [0.2, 0.25) is 0 Å². The number of aliphatic hydroxyl groups is 1. The molecule has 1 aromatic carbocycles. The SMILES string of the molecule is C[C@H](OC(=O)NCCOC(=O)OCc1ccccc1)[C@@H]1[C@@H]([C@@H](C)O)C(=O)N1S(=O)(=O)O. The molecule has 12 nitrogen and oxygen atoms in total. The van der Waals surface area contributed by atoms with Crippen LogP contribution in [-0.4, -0.2) is 71.9 Å². The summed E-state index contributed by atoms with van der Waals surface area (Å²) >= 11 is 0. The van der Waals surface area contributed by atoms with E-state index in [9.17, 15) is 32.5 Å². The number of hydrogen-bond donors (Lipinski definition) is 3. The third-order valence-corrected chi connectivity index (χ3v) is 5.39. The van der Waals surface area contributed by atoms with Crippen LogP contribution < -0.4 is 5.32 Å². The fourth-order valence-electron chi connectivity index (χ4n) is 3.07. The molecule has 1 aromatic rings. The molecular formula is C18H24N2O10S. The highest BCUT2D eigenvalue weighted by atomic mass is 32.2. The summed E-state index contributed by atoms with van der Waals surface area (Å²) in [4.78, 5) is 35.3. The fourth-order valence-corrected chi connectivity index (χ4v) is 4.03. The zero-order valence-corrected chi connectivity index (χ0v) is 17.6. The first-order valence-electron chi connectivity index (χ1n) is 9.29. The molecule has 1 aliphatic rings. The zero-order valence-electron chi connectivity index (χ0n) is 16.8. The monoisotopic (exact) mass is 460 g/mol. The number of ether oxygens (including phenoxy) is 3. The summed E-state index contributed by atoms with van der Waals surface area (Å²) in [5.74, 6) is -2.16. The number of benzene rings is 1. The minimum Gasteiger partial charge on any atom is -0.444 e. The second kappa shape index (κ2) is 10.4. The standard InChI is InChI=1S/C18H24N2O10S/c1-11(21)14-15(20(16(14)22)31(25,26)27)12(2)30-17(23)19-8-9-28-18(24)29-10-13-6-4-3-5-7-13/h3-7,11-12,14-15,21H,8-10H2,1-2H3,(H,19,23)(H,25,26,27)/t11-,12+,14-,15-/m1/s1. The van der Waals surface area contributed by atoms with Crippen molar-refractivity contribution in [3.8, 4) is 0 Å². The number of carbonyl (C=O) groups is 3. The average Bonchev–Trinajstić information content (AvgIpc) is 2.66. The van der Waals surface area contributed by atoms with E-state index in [-0.39, 0.29) is 24.1 Å². The molecule has 1 fully saturated rings. The Hall–Kier alpha value is -2.90. The summed E-state index contributed by atoms with van der Waals surface area (Å²) in [5.41, 5.74) is 0.777. The molecular weight excluding hydrogens is 436 g/mol. The molecule has 0 unspecified atom stereocenters. The lowest BCUT2D eigenvalue weighted by Crippen LogP contribution is -2.69. The Labute approximate surface area is 178 Å². The molecule has 13 heteroatoms. The molecule has 3 N–H and O–H groups in total. The van der Waals surface area contributed by atoms with E-state index < -0.39 is 52.6 Å². The minimum absolute atomic E-state index is 0.0292. The lowest BCUT2D eigenvalue weighted by molar-refractivity contribution is -0.160. The molecule has 0 aromatic heterocycles. The highest BCUT2D eigenvalue weighted by Crippen LogP contribution is 2.35. The van der Waals surface area contributed by atoms with Crippen molar-refractivity contribution >= 4 is 28.5 Å². The van der Waals surface area contributed by atoms with Crippen LogP contribution >= 0.6 is 0 Å². The maximum absolute atomic E-state index is 11.9. The minimum atomic E-state index is -4.88. The first-order chi connectivity index (χ1) is 14.5. The average molecular weight is 460 g/mol. The van der Waals surface area contributed by atoms with E-state index >= 15 is 0 Å². The van der Waals surface area contributed by atoms with Gasteiger partial charge in [0.2, 0.25) is 5.91 Å². The van der Waals surface area contributed by atoms with Gasteiger partial charge in [-0.15, -0.1) is 0 Å². The predicted octanol–water partition coefficient (Wildman–Crippen LogP) is 0.465. The summed E-state index contributed by atoms with van der Waals surface area (Å²) in [6, 6.07) is 7.68. The van der Waals surface area contributed by atoms with Crippen molar-refractivity contribution in [1.82, 2.24) is 9.62 Å². The molecule has 0 bridgehead atoms. The maximum atomic E-state index is 11.9. The highest BCUT2D eigenvalue weighted by Gasteiger charge is 2.58. The molecule has 0 aliphatic carbocycles. The Morgan fingerprint density at radius 1 is 1.19 bits per heavy atom. The van der Waals surface area contributed by atoms with E-state index in [1.807, 2.05) is 6.07 Å². The quantitative estimate of drug-likeness (QED) is 0.204. The van der Waals surface area contributed by atoms with Gasteiger partial charge in [0, 0.05) is 0 Å². The molecule has 2 amide bonds.